The first kappa shape index (κ1) is 11.1. The van der Waals surface area contributed by atoms with Crippen LogP contribution in [-0.4, -0.2) is 25.0 Å². The largest absolute Gasteiger partial charge is 0.508 e. The second-order valence-corrected chi connectivity index (χ2v) is 2.32. The lowest BCUT2D eigenvalue weighted by Gasteiger charge is -2.09. The second kappa shape index (κ2) is 4.18. The van der Waals surface area contributed by atoms with Gasteiger partial charge in [-0.25, -0.2) is 4.79 Å². The zero-order valence-corrected chi connectivity index (χ0v) is 6.64. The summed E-state index contributed by atoms with van der Waals surface area (Å²) in [6.07, 6.45) is -6.29. The maximum atomic E-state index is 11.4. The minimum absolute atomic E-state index is 0.481. The Labute approximate surface area is 67.4 Å². The Hall–Kier alpha value is -0.940. The lowest BCUT2D eigenvalue weighted by Crippen LogP contribution is -2.22. The average Bonchev–Trinajstić information content (AvgIpc) is 1.80. The molecule has 0 aliphatic rings. The molecule has 72 valence electrons. The third kappa shape index (κ3) is 7.17. The SMILES string of the molecule is CC(C)OC(=O)OCC(F)(F)F. The van der Waals surface area contributed by atoms with Gasteiger partial charge in [0.1, 0.15) is 0 Å². The highest BCUT2D eigenvalue weighted by molar-refractivity contribution is 5.60. The van der Waals surface area contributed by atoms with Crippen LogP contribution in [-0.2, 0) is 9.47 Å². The van der Waals surface area contributed by atoms with E-state index in [0.717, 1.165) is 0 Å². The maximum absolute atomic E-state index is 11.4. The lowest BCUT2D eigenvalue weighted by atomic mass is 10.5. The van der Waals surface area contributed by atoms with Crippen molar-refractivity contribution in [1.29, 1.82) is 0 Å². The van der Waals surface area contributed by atoms with Crippen LogP contribution in [0.2, 0.25) is 0 Å². The molecule has 0 aliphatic heterocycles. The molecule has 12 heavy (non-hydrogen) atoms. The van der Waals surface area contributed by atoms with E-state index in [1.165, 1.54) is 13.8 Å². The van der Waals surface area contributed by atoms with Crippen LogP contribution in [0.1, 0.15) is 13.8 Å². The van der Waals surface area contributed by atoms with Crippen molar-refractivity contribution in [3.05, 3.63) is 0 Å². The van der Waals surface area contributed by atoms with E-state index in [0.29, 0.717) is 0 Å². The number of alkyl halides is 3. The molecule has 0 aromatic rings. The summed E-state index contributed by atoms with van der Waals surface area (Å²) >= 11 is 0. The predicted molar refractivity (Wildman–Crippen MR) is 33.6 cm³/mol. The van der Waals surface area contributed by atoms with Crippen molar-refractivity contribution in [2.75, 3.05) is 6.61 Å². The van der Waals surface area contributed by atoms with Gasteiger partial charge in [-0.2, -0.15) is 13.2 Å². The molecular formula is C6H9F3O3. The third-order valence-corrected chi connectivity index (χ3v) is 0.686. The molecule has 0 rings (SSSR count). The number of hydrogen-bond acceptors (Lipinski definition) is 3. The zero-order valence-electron chi connectivity index (χ0n) is 6.64. The standard InChI is InChI=1S/C6H9F3O3/c1-4(2)12-5(10)11-3-6(7,8)9/h4H,3H2,1-2H3. The predicted octanol–water partition coefficient (Wildman–Crippen LogP) is 2.11. The van der Waals surface area contributed by atoms with Crippen LogP contribution in [0.4, 0.5) is 18.0 Å². The van der Waals surface area contributed by atoms with E-state index in [-0.39, 0.29) is 0 Å². The van der Waals surface area contributed by atoms with Crippen molar-refractivity contribution in [3.63, 3.8) is 0 Å². The Morgan fingerprint density at radius 3 is 2.25 bits per heavy atom. The van der Waals surface area contributed by atoms with Crippen molar-refractivity contribution in [2.24, 2.45) is 0 Å². The van der Waals surface area contributed by atoms with Crippen LogP contribution in [0.25, 0.3) is 0 Å². The number of halogens is 3. The highest BCUT2D eigenvalue weighted by atomic mass is 19.4. The van der Waals surface area contributed by atoms with Gasteiger partial charge in [-0.3, -0.25) is 0 Å². The molecule has 0 radical (unpaired) electrons. The Kier molecular flexibility index (Phi) is 3.85. The molecule has 0 aromatic heterocycles. The van der Waals surface area contributed by atoms with E-state index in [1.807, 2.05) is 0 Å². The molecule has 0 saturated carbocycles. The van der Waals surface area contributed by atoms with Crippen LogP contribution in [0.5, 0.6) is 0 Å². The molecule has 0 saturated heterocycles. The summed E-state index contributed by atoms with van der Waals surface area (Å²) in [5.74, 6) is 0. The van der Waals surface area contributed by atoms with E-state index in [9.17, 15) is 18.0 Å². The van der Waals surface area contributed by atoms with Gasteiger partial charge in [-0.15, -0.1) is 0 Å². The quantitative estimate of drug-likeness (QED) is 0.619. The van der Waals surface area contributed by atoms with Crippen LogP contribution in [0.3, 0.4) is 0 Å². The summed E-state index contributed by atoms with van der Waals surface area (Å²) in [6, 6.07) is 0. The topological polar surface area (TPSA) is 35.5 Å². The van der Waals surface area contributed by atoms with E-state index < -0.39 is 25.0 Å². The van der Waals surface area contributed by atoms with Crippen LogP contribution >= 0.6 is 0 Å². The fraction of sp³-hybridized carbons (Fsp3) is 0.833. The lowest BCUT2D eigenvalue weighted by molar-refractivity contribution is -0.166. The van der Waals surface area contributed by atoms with E-state index in [4.69, 9.17) is 0 Å². The highest BCUT2D eigenvalue weighted by Gasteiger charge is 2.30. The van der Waals surface area contributed by atoms with Crippen LogP contribution in [0.15, 0.2) is 0 Å². The fourth-order valence-electron chi connectivity index (χ4n) is 0.367. The Balaban J connectivity index is 3.58. The minimum Gasteiger partial charge on any atom is -0.432 e. The maximum Gasteiger partial charge on any atom is 0.508 e. The van der Waals surface area contributed by atoms with Gasteiger partial charge >= 0.3 is 12.3 Å². The van der Waals surface area contributed by atoms with E-state index in [1.54, 1.807) is 0 Å². The van der Waals surface area contributed by atoms with Gasteiger partial charge in [0.25, 0.3) is 0 Å². The molecule has 0 N–H and O–H groups in total. The Bertz CT molecular complexity index is 153. The van der Waals surface area contributed by atoms with Crippen molar-refractivity contribution >= 4 is 6.16 Å². The molecule has 0 unspecified atom stereocenters. The second-order valence-electron chi connectivity index (χ2n) is 2.32. The summed E-state index contributed by atoms with van der Waals surface area (Å²) < 4.78 is 42.3. The number of hydrogen-bond donors (Lipinski definition) is 0. The normalized spacial score (nSPS) is 11.5. The van der Waals surface area contributed by atoms with E-state index >= 15 is 0 Å². The number of rotatable bonds is 2. The van der Waals surface area contributed by atoms with Crippen molar-refractivity contribution in [3.8, 4) is 0 Å². The summed E-state index contributed by atoms with van der Waals surface area (Å²) in [6.45, 7) is 1.41. The van der Waals surface area contributed by atoms with E-state index in [2.05, 4.69) is 9.47 Å². The van der Waals surface area contributed by atoms with Crippen molar-refractivity contribution in [1.82, 2.24) is 0 Å². The van der Waals surface area contributed by atoms with Gasteiger partial charge in [0.15, 0.2) is 6.61 Å². The smallest absolute Gasteiger partial charge is 0.432 e. The van der Waals surface area contributed by atoms with Gasteiger partial charge in [0.05, 0.1) is 6.10 Å². The number of carbonyl (C=O) groups is 1. The van der Waals surface area contributed by atoms with Gasteiger partial charge in [0.2, 0.25) is 0 Å². The summed E-state index contributed by atoms with van der Waals surface area (Å²) in [5.41, 5.74) is 0. The fourth-order valence-corrected chi connectivity index (χ4v) is 0.367. The number of carbonyl (C=O) groups excluding carboxylic acids is 1. The molecule has 0 atom stereocenters. The van der Waals surface area contributed by atoms with Gasteiger partial charge in [0, 0.05) is 0 Å². The van der Waals surface area contributed by atoms with Gasteiger partial charge in [-0.1, -0.05) is 0 Å². The number of ether oxygens (including phenoxy) is 2. The first-order valence-electron chi connectivity index (χ1n) is 3.21. The molecule has 0 fully saturated rings. The van der Waals surface area contributed by atoms with Crippen LogP contribution in [0, 0.1) is 0 Å². The minimum atomic E-state index is -4.50. The van der Waals surface area contributed by atoms with Gasteiger partial charge < -0.3 is 9.47 Å². The van der Waals surface area contributed by atoms with Crippen molar-refractivity contribution < 1.29 is 27.4 Å². The highest BCUT2D eigenvalue weighted by Crippen LogP contribution is 2.14. The zero-order chi connectivity index (χ0) is 9.78. The molecule has 0 aromatic carbocycles. The molecule has 0 heterocycles. The molecular weight excluding hydrogens is 177 g/mol. The van der Waals surface area contributed by atoms with Crippen LogP contribution < -0.4 is 0 Å². The Morgan fingerprint density at radius 2 is 1.92 bits per heavy atom. The first-order valence-corrected chi connectivity index (χ1v) is 3.21. The molecule has 0 amide bonds. The summed E-state index contributed by atoms with van der Waals surface area (Å²) in [4.78, 5) is 10.4. The Morgan fingerprint density at radius 1 is 1.42 bits per heavy atom. The third-order valence-electron chi connectivity index (χ3n) is 0.686. The monoisotopic (exact) mass is 186 g/mol. The first-order chi connectivity index (χ1) is 5.31. The average molecular weight is 186 g/mol. The summed E-state index contributed by atoms with van der Waals surface area (Å²) in [7, 11) is 0. The summed E-state index contributed by atoms with van der Waals surface area (Å²) in [5, 5.41) is 0. The molecule has 3 nitrogen and oxygen atoms in total. The molecule has 0 aliphatic carbocycles. The van der Waals surface area contributed by atoms with Crippen molar-refractivity contribution in [2.45, 2.75) is 26.1 Å². The molecule has 0 bridgehead atoms. The van der Waals surface area contributed by atoms with Gasteiger partial charge in [-0.05, 0) is 13.8 Å². The molecule has 0 spiro atoms. The molecule has 6 heteroatoms.